The zero-order valence-corrected chi connectivity index (χ0v) is 33.3. The van der Waals surface area contributed by atoms with E-state index in [0.717, 1.165) is 41.8 Å². The second-order valence-corrected chi connectivity index (χ2v) is 16.6. The molecule has 1 fully saturated rings. The highest BCUT2D eigenvalue weighted by Crippen LogP contribution is 2.40. The van der Waals surface area contributed by atoms with Crippen molar-refractivity contribution in [3.8, 4) is 11.1 Å². The third-order valence-electron chi connectivity index (χ3n) is 11.3. The van der Waals surface area contributed by atoms with Crippen LogP contribution in [0.15, 0.2) is 158 Å². The van der Waals surface area contributed by atoms with Gasteiger partial charge in [-0.05, 0) is 134 Å². The van der Waals surface area contributed by atoms with Crippen molar-refractivity contribution in [2.45, 2.75) is 65.1 Å². The molecule has 0 saturated carbocycles. The molecule has 0 atom stereocenters. The Morgan fingerprint density at radius 1 is 0.618 bits per heavy atom. The van der Waals surface area contributed by atoms with Crippen LogP contribution in [0.25, 0.3) is 42.4 Å². The van der Waals surface area contributed by atoms with Crippen LogP contribution in [0.4, 0.5) is 17.1 Å². The molecule has 55 heavy (non-hydrogen) atoms. The Labute approximate surface area is 330 Å². The van der Waals surface area contributed by atoms with Crippen LogP contribution in [0.5, 0.6) is 0 Å². The summed E-state index contributed by atoms with van der Waals surface area (Å²) in [5.41, 5.74) is 10.9. The van der Waals surface area contributed by atoms with E-state index >= 15 is 0 Å². The summed E-state index contributed by atoms with van der Waals surface area (Å²) in [5.74, 6) is 0. The van der Waals surface area contributed by atoms with E-state index in [0.29, 0.717) is 0 Å². The average Bonchev–Trinajstić information content (AvgIpc) is 3.69. The van der Waals surface area contributed by atoms with Gasteiger partial charge in [0.2, 0.25) is 0 Å². The van der Waals surface area contributed by atoms with Crippen LogP contribution >= 0.6 is 11.3 Å². The van der Waals surface area contributed by atoms with E-state index < -0.39 is 18.3 Å². The van der Waals surface area contributed by atoms with E-state index in [2.05, 4.69) is 198 Å². The van der Waals surface area contributed by atoms with Crippen LogP contribution < -0.4 is 10.4 Å². The largest absolute Gasteiger partial charge is 0.494 e. The molecule has 7 aromatic rings. The van der Waals surface area contributed by atoms with Crippen molar-refractivity contribution in [3.63, 3.8) is 0 Å². The Morgan fingerprint density at radius 3 is 1.84 bits per heavy atom. The molecule has 1 aliphatic rings. The molecule has 0 radical (unpaired) electrons. The smallest absolute Gasteiger partial charge is 0.399 e. The van der Waals surface area contributed by atoms with Crippen LogP contribution in [-0.2, 0) is 9.31 Å². The van der Waals surface area contributed by atoms with Gasteiger partial charge in [-0.15, -0.1) is 11.3 Å². The van der Waals surface area contributed by atoms with Gasteiger partial charge in [-0.25, -0.2) is 0 Å². The average molecular weight is 738 g/mol. The van der Waals surface area contributed by atoms with Gasteiger partial charge in [0, 0.05) is 37.2 Å². The van der Waals surface area contributed by atoms with Gasteiger partial charge >= 0.3 is 7.12 Å². The number of allylic oxidation sites excluding steroid dienone is 3. The fraction of sp³-hybridized carbons (Fsp3) is 0.200. The molecule has 8 rings (SSSR count). The summed E-state index contributed by atoms with van der Waals surface area (Å²) in [5, 5.41) is 2.64. The molecule has 0 aliphatic carbocycles. The minimum absolute atomic E-state index is 0.396. The SMILES string of the molecule is C=C(CC/C(=C\CC)c1ccc(N(c2ccc(B3OC(C)(C)C(C)(C)O3)cc2)c2ccc(-c3ccc4c(c3)sc3ccccc34)cc2)cc1)c1ccccc1. The van der Waals surface area contributed by atoms with Gasteiger partial charge in [0.05, 0.1) is 11.2 Å². The molecule has 3 nitrogen and oxygen atoms in total. The first-order valence-electron chi connectivity index (χ1n) is 19.4. The quantitative estimate of drug-likeness (QED) is 0.123. The minimum atomic E-state index is -0.411. The number of nitrogens with zero attached hydrogens (tertiary/aromatic N) is 1. The van der Waals surface area contributed by atoms with Gasteiger partial charge in [0.1, 0.15) is 0 Å². The van der Waals surface area contributed by atoms with E-state index in [-0.39, 0.29) is 0 Å². The van der Waals surface area contributed by atoms with Crippen LogP contribution in [0.1, 0.15) is 65.0 Å². The zero-order chi connectivity index (χ0) is 38.2. The summed E-state index contributed by atoms with van der Waals surface area (Å²) < 4.78 is 15.4. The van der Waals surface area contributed by atoms with Crippen molar-refractivity contribution in [2.75, 3.05) is 4.90 Å². The van der Waals surface area contributed by atoms with Gasteiger partial charge in [-0.2, -0.15) is 0 Å². The predicted molar refractivity (Wildman–Crippen MR) is 238 cm³/mol. The standard InChI is InChI=1S/C50H48BNO2S/c1-7-13-37(19-18-35(2)36-14-9-8-10-15-36)38-20-27-42(28-21-38)52(44-31-25-41(26-32-44)51-53-49(3,4)50(5,6)54-51)43-29-22-39(23-30-43)40-24-33-46-45-16-11-12-17-47(45)55-48(46)34-40/h8-17,20-34H,2,7,18-19H2,1,3-6H3/b37-13+. The van der Waals surface area contributed by atoms with E-state index in [1.165, 1.54) is 53.6 Å². The molecular weight excluding hydrogens is 689 g/mol. The van der Waals surface area contributed by atoms with E-state index in [4.69, 9.17) is 9.31 Å². The first-order valence-corrected chi connectivity index (χ1v) is 20.2. The molecule has 6 aromatic carbocycles. The molecular formula is C50H48BNO2S. The van der Waals surface area contributed by atoms with E-state index in [1.807, 2.05) is 11.3 Å². The van der Waals surface area contributed by atoms with Crippen LogP contribution in [0.2, 0.25) is 0 Å². The molecule has 1 saturated heterocycles. The Hall–Kier alpha value is -5.20. The van der Waals surface area contributed by atoms with E-state index in [9.17, 15) is 0 Å². The maximum atomic E-state index is 6.39. The van der Waals surface area contributed by atoms with Crippen molar-refractivity contribution in [3.05, 3.63) is 169 Å². The lowest BCUT2D eigenvalue weighted by Crippen LogP contribution is -2.41. The fourth-order valence-electron chi connectivity index (χ4n) is 7.45. The topological polar surface area (TPSA) is 21.7 Å². The van der Waals surface area contributed by atoms with Gasteiger partial charge in [0.25, 0.3) is 0 Å². The van der Waals surface area contributed by atoms with Gasteiger partial charge in [-0.3, -0.25) is 0 Å². The maximum absolute atomic E-state index is 6.39. The molecule has 0 spiro atoms. The molecule has 1 aromatic heterocycles. The molecule has 5 heteroatoms. The predicted octanol–water partition coefficient (Wildman–Crippen LogP) is 13.8. The Balaban J connectivity index is 1.10. The van der Waals surface area contributed by atoms with Crippen LogP contribution in [-0.4, -0.2) is 18.3 Å². The summed E-state index contributed by atoms with van der Waals surface area (Å²) in [7, 11) is -0.411. The number of thiophene rings is 1. The van der Waals surface area contributed by atoms with Crippen LogP contribution in [0.3, 0.4) is 0 Å². The van der Waals surface area contributed by atoms with Gasteiger partial charge in [0.15, 0.2) is 0 Å². The first kappa shape index (κ1) is 36.8. The first-order chi connectivity index (χ1) is 26.6. The molecule has 0 unspecified atom stereocenters. The van der Waals surface area contributed by atoms with Gasteiger partial charge < -0.3 is 14.2 Å². The molecule has 0 bridgehead atoms. The number of rotatable bonds is 11. The number of anilines is 3. The summed E-state index contributed by atoms with van der Waals surface area (Å²) in [6.45, 7) is 15.0. The molecule has 0 amide bonds. The second kappa shape index (κ2) is 15.1. The number of fused-ring (bicyclic) bond motifs is 3. The highest BCUT2D eigenvalue weighted by atomic mass is 32.1. The fourth-order valence-corrected chi connectivity index (χ4v) is 8.60. The normalized spacial score (nSPS) is 15.1. The zero-order valence-electron chi connectivity index (χ0n) is 32.5. The van der Waals surface area contributed by atoms with Crippen LogP contribution in [0, 0.1) is 0 Å². The van der Waals surface area contributed by atoms with Crippen molar-refractivity contribution in [1.29, 1.82) is 0 Å². The lowest BCUT2D eigenvalue weighted by atomic mass is 9.79. The molecule has 0 N–H and O–H groups in total. The lowest BCUT2D eigenvalue weighted by molar-refractivity contribution is 0.00578. The Bertz CT molecular complexity index is 2460. The van der Waals surface area contributed by atoms with E-state index in [1.54, 1.807) is 0 Å². The van der Waals surface area contributed by atoms with Crippen molar-refractivity contribution >= 4 is 72.3 Å². The summed E-state index contributed by atoms with van der Waals surface area (Å²) in [6, 6.07) is 52.6. The summed E-state index contributed by atoms with van der Waals surface area (Å²) >= 11 is 1.86. The van der Waals surface area contributed by atoms with Crippen molar-refractivity contribution < 1.29 is 9.31 Å². The van der Waals surface area contributed by atoms with Gasteiger partial charge in [-0.1, -0.05) is 117 Å². The number of benzene rings is 6. The highest BCUT2D eigenvalue weighted by molar-refractivity contribution is 7.25. The molecule has 274 valence electrons. The monoisotopic (exact) mass is 737 g/mol. The third kappa shape index (κ3) is 7.45. The van der Waals surface area contributed by atoms with Crippen molar-refractivity contribution in [1.82, 2.24) is 0 Å². The molecule has 2 heterocycles. The maximum Gasteiger partial charge on any atom is 0.494 e. The molecule has 1 aliphatic heterocycles. The summed E-state index contributed by atoms with van der Waals surface area (Å²) in [4.78, 5) is 2.33. The second-order valence-electron chi connectivity index (χ2n) is 15.5. The number of hydrogen-bond acceptors (Lipinski definition) is 4. The lowest BCUT2D eigenvalue weighted by Gasteiger charge is -2.32. The highest BCUT2D eigenvalue weighted by Gasteiger charge is 2.51. The Morgan fingerprint density at radius 2 is 1.18 bits per heavy atom. The Kier molecular flexibility index (Phi) is 10.1. The van der Waals surface area contributed by atoms with Crippen molar-refractivity contribution in [2.24, 2.45) is 0 Å². The third-order valence-corrected chi connectivity index (χ3v) is 12.5. The minimum Gasteiger partial charge on any atom is -0.399 e. The summed E-state index contributed by atoms with van der Waals surface area (Å²) in [6.07, 6.45) is 5.20. The number of hydrogen-bond donors (Lipinski definition) is 0.